The highest BCUT2D eigenvalue weighted by Gasteiger charge is 2.08. The second-order valence-electron chi connectivity index (χ2n) is 5.46. The lowest BCUT2D eigenvalue weighted by Gasteiger charge is -2.09. The topological polar surface area (TPSA) is 39.1 Å². The molecular formula is C19H20BrN3O. The predicted octanol–water partition coefficient (Wildman–Crippen LogP) is 4.86. The summed E-state index contributed by atoms with van der Waals surface area (Å²) in [6, 6.07) is 16.4. The van der Waals surface area contributed by atoms with Crippen LogP contribution in [0.5, 0.6) is 5.75 Å². The smallest absolute Gasteiger partial charge is 0.203 e. The number of nitrogens with zero attached hydrogens (tertiary/aromatic N) is 2. The highest BCUT2D eigenvalue weighted by Crippen LogP contribution is 2.24. The molecule has 0 aliphatic carbocycles. The van der Waals surface area contributed by atoms with Crippen LogP contribution in [0.4, 0.5) is 5.95 Å². The number of hydrogen-bond acceptors (Lipinski definition) is 3. The van der Waals surface area contributed by atoms with Crippen molar-refractivity contribution < 1.29 is 4.74 Å². The molecule has 124 valence electrons. The largest absolute Gasteiger partial charge is 0.494 e. The van der Waals surface area contributed by atoms with Gasteiger partial charge >= 0.3 is 0 Å². The van der Waals surface area contributed by atoms with Crippen molar-refractivity contribution in [3.8, 4) is 17.0 Å². The molecule has 1 aromatic heterocycles. The molecule has 0 unspecified atom stereocenters. The lowest BCUT2D eigenvalue weighted by molar-refractivity contribution is 0.340. The summed E-state index contributed by atoms with van der Waals surface area (Å²) >= 11 is 3.45. The van der Waals surface area contributed by atoms with E-state index < -0.39 is 0 Å². The van der Waals surface area contributed by atoms with Crippen molar-refractivity contribution in [1.29, 1.82) is 0 Å². The van der Waals surface area contributed by atoms with Gasteiger partial charge in [-0.25, -0.2) is 4.98 Å². The molecule has 0 amide bonds. The minimum absolute atomic E-state index is 0.676. The van der Waals surface area contributed by atoms with E-state index in [1.807, 2.05) is 44.4 Å². The Morgan fingerprint density at radius 2 is 1.79 bits per heavy atom. The van der Waals surface area contributed by atoms with Crippen LogP contribution >= 0.6 is 15.9 Å². The van der Waals surface area contributed by atoms with Crippen molar-refractivity contribution in [3.05, 3.63) is 64.8 Å². The van der Waals surface area contributed by atoms with Crippen LogP contribution < -0.4 is 10.1 Å². The van der Waals surface area contributed by atoms with E-state index in [9.17, 15) is 0 Å². The second-order valence-corrected chi connectivity index (χ2v) is 6.38. The fourth-order valence-electron chi connectivity index (χ4n) is 2.51. The average Bonchev–Trinajstić information content (AvgIpc) is 2.96. The van der Waals surface area contributed by atoms with Gasteiger partial charge in [0.2, 0.25) is 5.95 Å². The summed E-state index contributed by atoms with van der Waals surface area (Å²) in [5.41, 5.74) is 3.39. The van der Waals surface area contributed by atoms with E-state index in [2.05, 4.69) is 55.1 Å². The van der Waals surface area contributed by atoms with Gasteiger partial charge < -0.3 is 14.6 Å². The number of imidazole rings is 1. The monoisotopic (exact) mass is 385 g/mol. The first kappa shape index (κ1) is 16.6. The molecule has 1 N–H and O–H groups in total. The van der Waals surface area contributed by atoms with Crippen LogP contribution in [0.1, 0.15) is 12.5 Å². The maximum Gasteiger partial charge on any atom is 0.203 e. The van der Waals surface area contributed by atoms with Gasteiger partial charge in [0.05, 0.1) is 18.5 Å². The van der Waals surface area contributed by atoms with E-state index in [1.54, 1.807) is 0 Å². The van der Waals surface area contributed by atoms with Gasteiger partial charge in [0, 0.05) is 23.6 Å². The number of benzene rings is 2. The van der Waals surface area contributed by atoms with Crippen LogP contribution in [0, 0.1) is 0 Å². The zero-order valence-electron chi connectivity index (χ0n) is 13.8. The van der Waals surface area contributed by atoms with Crippen molar-refractivity contribution in [2.24, 2.45) is 7.05 Å². The molecule has 0 aliphatic heterocycles. The van der Waals surface area contributed by atoms with Crippen molar-refractivity contribution in [2.45, 2.75) is 13.5 Å². The van der Waals surface area contributed by atoms with E-state index in [4.69, 9.17) is 4.74 Å². The summed E-state index contributed by atoms with van der Waals surface area (Å²) in [7, 11) is 2.02. The molecule has 0 aliphatic rings. The molecule has 0 saturated carbocycles. The second kappa shape index (κ2) is 7.53. The molecule has 0 atom stereocenters. The molecule has 1 heterocycles. The van der Waals surface area contributed by atoms with E-state index in [0.29, 0.717) is 6.61 Å². The molecule has 3 rings (SSSR count). The first-order valence-corrected chi connectivity index (χ1v) is 8.70. The quantitative estimate of drug-likeness (QED) is 0.658. The number of nitrogens with one attached hydrogen (secondary N) is 1. The molecular weight excluding hydrogens is 366 g/mol. The van der Waals surface area contributed by atoms with E-state index >= 15 is 0 Å². The number of anilines is 1. The standard InChI is InChI=1S/C19H20BrN3O/c1-3-24-17-10-6-15(7-11-17)18-13-22-19(23(18)2)21-12-14-4-8-16(20)9-5-14/h4-11,13H,3,12H2,1-2H3,(H,21,22). The Balaban J connectivity index is 1.72. The zero-order valence-corrected chi connectivity index (χ0v) is 15.4. The molecule has 0 bridgehead atoms. The summed E-state index contributed by atoms with van der Waals surface area (Å²) in [4.78, 5) is 4.49. The first-order valence-electron chi connectivity index (χ1n) is 7.90. The Labute approximate surface area is 150 Å². The maximum atomic E-state index is 5.49. The van der Waals surface area contributed by atoms with Crippen LogP contribution in [0.2, 0.25) is 0 Å². The van der Waals surface area contributed by atoms with Crippen LogP contribution in [0.15, 0.2) is 59.2 Å². The van der Waals surface area contributed by atoms with Crippen molar-refractivity contribution in [2.75, 3.05) is 11.9 Å². The van der Waals surface area contributed by atoms with Gasteiger partial charge in [0.1, 0.15) is 5.75 Å². The van der Waals surface area contributed by atoms with Crippen LogP contribution in [-0.2, 0) is 13.6 Å². The van der Waals surface area contributed by atoms with Gasteiger partial charge in [-0.2, -0.15) is 0 Å². The zero-order chi connectivity index (χ0) is 16.9. The number of halogens is 1. The Hall–Kier alpha value is -2.27. The van der Waals surface area contributed by atoms with E-state index in [0.717, 1.165) is 34.0 Å². The van der Waals surface area contributed by atoms with Crippen LogP contribution in [-0.4, -0.2) is 16.2 Å². The lowest BCUT2D eigenvalue weighted by atomic mass is 10.1. The number of rotatable bonds is 6. The molecule has 0 spiro atoms. The number of aromatic nitrogens is 2. The third-order valence-electron chi connectivity index (χ3n) is 3.81. The Bertz CT molecular complexity index is 794. The molecule has 0 saturated heterocycles. The molecule has 24 heavy (non-hydrogen) atoms. The Morgan fingerprint density at radius 1 is 1.08 bits per heavy atom. The third kappa shape index (κ3) is 3.79. The first-order chi connectivity index (χ1) is 11.7. The summed E-state index contributed by atoms with van der Waals surface area (Å²) in [5, 5.41) is 3.38. The number of ether oxygens (including phenoxy) is 1. The molecule has 0 fully saturated rings. The van der Waals surface area contributed by atoms with Gasteiger partial charge in [0.15, 0.2) is 0 Å². The van der Waals surface area contributed by atoms with Gasteiger partial charge in [-0.15, -0.1) is 0 Å². The van der Waals surface area contributed by atoms with Crippen molar-refractivity contribution >= 4 is 21.9 Å². The highest BCUT2D eigenvalue weighted by molar-refractivity contribution is 9.10. The molecule has 5 heteroatoms. The van der Waals surface area contributed by atoms with Crippen LogP contribution in [0.25, 0.3) is 11.3 Å². The lowest BCUT2D eigenvalue weighted by Crippen LogP contribution is -2.05. The minimum atomic E-state index is 0.676. The average molecular weight is 386 g/mol. The normalized spacial score (nSPS) is 10.6. The van der Waals surface area contributed by atoms with Crippen LogP contribution in [0.3, 0.4) is 0 Å². The SMILES string of the molecule is CCOc1ccc(-c2cnc(NCc3ccc(Br)cc3)n2C)cc1. The molecule has 2 aromatic carbocycles. The minimum Gasteiger partial charge on any atom is -0.494 e. The fraction of sp³-hybridized carbons (Fsp3) is 0.211. The molecule has 4 nitrogen and oxygen atoms in total. The molecule has 0 radical (unpaired) electrons. The fourth-order valence-corrected chi connectivity index (χ4v) is 2.78. The Morgan fingerprint density at radius 3 is 2.46 bits per heavy atom. The highest BCUT2D eigenvalue weighted by atomic mass is 79.9. The number of hydrogen-bond donors (Lipinski definition) is 1. The summed E-state index contributed by atoms with van der Waals surface area (Å²) < 4.78 is 8.64. The van der Waals surface area contributed by atoms with Crippen molar-refractivity contribution in [1.82, 2.24) is 9.55 Å². The van der Waals surface area contributed by atoms with Gasteiger partial charge in [-0.1, -0.05) is 28.1 Å². The van der Waals surface area contributed by atoms with Gasteiger partial charge in [-0.05, 0) is 48.9 Å². The summed E-state index contributed by atoms with van der Waals surface area (Å²) in [6.45, 7) is 3.40. The summed E-state index contributed by atoms with van der Waals surface area (Å²) in [5.74, 6) is 1.74. The summed E-state index contributed by atoms with van der Waals surface area (Å²) in [6.07, 6.45) is 1.89. The van der Waals surface area contributed by atoms with Gasteiger partial charge in [-0.3, -0.25) is 0 Å². The van der Waals surface area contributed by atoms with E-state index in [-0.39, 0.29) is 0 Å². The third-order valence-corrected chi connectivity index (χ3v) is 4.34. The predicted molar refractivity (Wildman–Crippen MR) is 101 cm³/mol. The van der Waals surface area contributed by atoms with E-state index in [1.165, 1.54) is 5.56 Å². The Kier molecular flexibility index (Phi) is 5.20. The van der Waals surface area contributed by atoms with Gasteiger partial charge in [0.25, 0.3) is 0 Å². The maximum absolute atomic E-state index is 5.49. The molecule has 3 aromatic rings. The van der Waals surface area contributed by atoms with Crippen molar-refractivity contribution in [3.63, 3.8) is 0 Å².